The number of likely N-dealkylation sites (tertiary alicyclic amines) is 2. The van der Waals surface area contributed by atoms with Crippen molar-refractivity contribution < 1.29 is 4.79 Å². The van der Waals surface area contributed by atoms with Crippen LogP contribution in [0.2, 0.25) is 0 Å². The summed E-state index contributed by atoms with van der Waals surface area (Å²) in [6.07, 6.45) is 10.8. The molecular weight excluding hydrogens is 312 g/mol. The van der Waals surface area contributed by atoms with Gasteiger partial charge in [0, 0.05) is 36.9 Å². The van der Waals surface area contributed by atoms with Crippen LogP contribution in [-0.2, 0) is 19.4 Å². The molecule has 0 spiro atoms. The molecule has 3 heterocycles. The van der Waals surface area contributed by atoms with E-state index in [1.54, 1.807) is 0 Å². The summed E-state index contributed by atoms with van der Waals surface area (Å²) in [6, 6.07) is 0.611. The second-order valence-electron chi connectivity index (χ2n) is 7.94. The van der Waals surface area contributed by atoms with Gasteiger partial charge < -0.3 is 9.80 Å². The minimum absolute atomic E-state index is 0.187. The number of rotatable bonds is 3. The molecule has 1 atom stereocenters. The van der Waals surface area contributed by atoms with Gasteiger partial charge in [-0.3, -0.25) is 9.48 Å². The van der Waals surface area contributed by atoms with Crippen LogP contribution in [0.4, 0.5) is 0 Å². The second kappa shape index (κ2) is 7.48. The molecule has 3 aliphatic rings. The molecule has 1 unspecified atom stereocenters. The SMILES string of the molecule is CCn1nc(C(=O)N2CCCCCC2)c2c1CCC(N1CCCC1)C2. The summed E-state index contributed by atoms with van der Waals surface area (Å²) in [7, 11) is 0. The number of carbonyl (C=O) groups excluding carboxylic acids is 1. The highest BCUT2D eigenvalue weighted by molar-refractivity contribution is 5.94. The second-order valence-corrected chi connectivity index (χ2v) is 7.94. The van der Waals surface area contributed by atoms with Crippen molar-refractivity contribution in [3.63, 3.8) is 0 Å². The Morgan fingerprint density at radius 3 is 2.40 bits per heavy atom. The molecule has 25 heavy (non-hydrogen) atoms. The number of aryl methyl sites for hydroxylation is 1. The molecule has 0 bridgehead atoms. The van der Waals surface area contributed by atoms with E-state index in [9.17, 15) is 4.79 Å². The summed E-state index contributed by atoms with van der Waals surface area (Å²) in [4.78, 5) is 17.9. The molecule has 5 heteroatoms. The number of carbonyl (C=O) groups is 1. The Labute approximate surface area is 151 Å². The average Bonchev–Trinajstić information content (AvgIpc) is 3.21. The van der Waals surface area contributed by atoms with Crippen molar-refractivity contribution in [3.8, 4) is 0 Å². The molecule has 0 aromatic carbocycles. The van der Waals surface area contributed by atoms with Gasteiger partial charge in [-0.25, -0.2) is 0 Å². The molecule has 0 radical (unpaired) electrons. The van der Waals surface area contributed by atoms with Gasteiger partial charge in [-0.15, -0.1) is 0 Å². The van der Waals surface area contributed by atoms with Gasteiger partial charge in [-0.1, -0.05) is 12.8 Å². The van der Waals surface area contributed by atoms with E-state index in [-0.39, 0.29) is 5.91 Å². The Hall–Kier alpha value is -1.36. The van der Waals surface area contributed by atoms with Crippen LogP contribution in [0.1, 0.15) is 73.6 Å². The Kier molecular flexibility index (Phi) is 5.11. The fraction of sp³-hybridized carbons (Fsp3) is 0.800. The number of hydrogen-bond acceptors (Lipinski definition) is 3. The van der Waals surface area contributed by atoms with Gasteiger partial charge >= 0.3 is 0 Å². The quantitative estimate of drug-likeness (QED) is 0.847. The van der Waals surface area contributed by atoms with Crippen molar-refractivity contribution in [2.24, 2.45) is 0 Å². The van der Waals surface area contributed by atoms with Crippen LogP contribution in [-0.4, -0.2) is 57.7 Å². The Morgan fingerprint density at radius 1 is 1.04 bits per heavy atom. The highest BCUT2D eigenvalue weighted by atomic mass is 16.2. The Bertz CT molecular complexity index is 609. The van der Waals surface area contributed by atoms with Gasteiger partial charge in [0.25, 0.3) is 5.91 Å². The molecule has 0 N–H and O–H groups in total. The number of nitrogens with zero attached hydrogens (tertiary/aromatic N) is 4. The Morgan fingerprint density at radius 2 is 1.72 bits per heavy atom. The monoisotopic (exact) mass is 344 g/mol. The van der Waals surface area contributed by atoms with E-state index in [2.05, 4.69) is 21.4 Å². The van der Waals surface area contributed by atoms with E-state index in [0.29, 0.717) is 6.04 Å². The van der Waals surface area contributed by atoms with Crippen LogP contribution < -0.4 is 0 Å². The normalized spacial score (nSPS) is 25.0. The van der Waals surface area contributed by atoms with E-state index < -0.39 is 0 Å². The maximum Gasteiger partial charge on any atom is 0.274 e. The van der Waals surface area contributed by atoms with Crippen LogP contribution in [0.3, 0.4) is 0 Å². The molecular formula is C20H32N4O. The van der Waals surface area contributed by atoms with Crippen molar-refractivity contribution in [1.29, 1.82) is 0 Å². The number of amides is 1. The van der Waals surface area contributed by atoms with Crippen LogP contribution >= 0.6 is 0 Å². The van der Waals surface area contributed by atoms with Gasteiger partial charge in [0.1, 0.15) is 0 Å². The molecule has 1 amide bonds. The highest BCUT2D eigenvalue weighted by Crippen LogP contribution is 2.30. The standard InChI is InChI=1S/C20H32N4O/c1-2-24-18-10-9-16(22-11-7-8-12-22)15-17(18)19(21-24)20(25)23-13-5-3-4-6-14-23/h16H,2-15H2,1H3. The van der Waals surface area contributed by atoms with Crippen molar-refractivity contribution in [2.75, 3.05) is 26.2 Å². The molecule has 138 valence electrons. The lowest BCUT2D eigenvalue weighted by molar-refractivity contribution is 0.0753. The van der Waals surface area contributed by atoms with E-state index >= 15 is 0 Å². The first kappa shape index (κ1) is 17.1. The maximum atomic E-state index is 13.2. The predicted molar refractivity (Wildman–Crippen MR) is 98.9 cm³/mol. The summed E-state index contributed by atoms with van der Waals surface area (Å²) >= 11 is 0. The third-order valence-electron chi connectivity index (χ3n) is 6.37. The molecule has 5 nitrogen and oxygen atoms in total. The molecule has 2 aliphatic heterocycles. The third-order valence-corrected chi connectivity index (χ3v) is 6.37. The van der Waals surface area contributed by atoms with E-state index in [0.717, 1.165) is 51.0 Å². The maximum absolute atomic E-state index is 13.2. The average molecular weight is 345 g/mol. The van der Waals surface area contributed by atoms with E-state index in [4.69, 9.17) is 5.10 Å². The van der Waals surface area contributed by atoms with Crippen LogP contribution in [0, 0.1) is 0 Å². The predicted octanol–water partition coefficient (Wildman–Crippen LogP) is 2.87. The summed E-state index contributed by atoms with van der Waals surface area (Å²) in [6.45, 7) is 7.28. The van der Waals surface area contributed by atoms with Crippen molar-refractivity contribution in [3.05, 3.63) is 17.0 Å². The van der Waals surface area contributed by atoms with E-state index in [1.165, 1.54) is 56.5 Å². The molecule has 2 saturated heterocycles. The lowest BCUT2D eigenvalue weighted by Gasteiger charge is -2.31. The van der Waals surface area contributed by atoms with Crippen molar-refractivity contribution >= 4 is 5.91 Å². The lowest BCUT2D eigenvalue weighted by Crippen LogP contribution is -2.38. The minimum Gasteiger partial charge on any atom is -0.337 e. The fourth-order valence-electron chi connectivity index (χ4n) is 4.94. The van der Waals surface area contributed by atoms with Crippen LogP contribution in [0.15, 0.2) is 0 Å². The Balaban J connectivity index is 1.59. The first-order chi connectivity index (χ1) is 12.3. The fourth-order valence-corrected chi connectivity index (χ4v) is 4.94. The molecule has 1 aliphatic carbocycles. The molecule has 1 aromatic heterocycles. The lowest BCUT2D eigenvalue weighted by atomic mass is 9.90. The number of fused-ring (bicyclic) bond motifs is 1. The van der Waals surface area contributed by atoms with Crippen LogP contribution in [0.5, 0.6) is 0 Å². The summed E-state index contributed by atoms with van der Waals surface area (Å²) < 4.78 is 2.10. The first-order valence-corrected chi connectivity index (χ1v) is 10.4. The smallest absolute Gasteiger partial charge is 0.274 e. The molecule has 2 fully saturated rings. The summed E-state index contributed by atoms with van der Waals surface area (Å²) in [5.41, 5.74) is 3.36. The van der Waals surface area contributed by atoms with Gasteiger partial charge in [0.15, 0.2) is 5.69 Å². The molecule has 1 aromatic rings. The number of aromatic nitrogens is 2. The van der Waals surface area contributed by atoms with Crippen molar-refractivity contribution in [2.45, 2.75) is 77.3 Å². The van der Waals surface area contributed by atoms with Gasteiger partial charge in [0.2, 0.25) is 0 Å². The molecule has 4 rings (SSSR count). The van der Waals surface area contributed by atoms with Crippen molar-refractivity contribution in [1.82, 2.24) is 19.6 Å². The zero-order chi connectivity index (χ0) is 17.2. The molecule has 0 saturated carbocycles. The minimum atomic E-state index is 0.187. The first-order valence-electron chi connectivity index (χ1n) is 10.4. The summed E-state index contributed by atoms with van der Waals surface area (Å²) in [5.74, 6) is 0.187. The number of hydrogen-bond donors (Lipinski definition) is 0. The highest BCUT2D eigenvalue weighted by Gasteiger charge is 2.33. The zero-order valence-corrected chi connectivity index (χ0v) is 15.7. The topological polar surface area (TPSA) is 41.4 Å². The third kappa shape index (κ3) is 3.35. The van der Waals surface area contributed by atoms with Gasteiger partial charge in [0.05, 0.1) is 0 Å². The van der Waals surface area contributed by atoms with Gasteiger partial charge in [-0.2, -0.15) is 5.10 Å². The largest absolute Gasteiger partial charge is 0.337 e. The van der Waals surface area contributed by atoms with E-state index in [1.807, 2.05) is 0 Å². The summed E-state index contributed by atoms with van der Waals surface area (Å²) in [5, 5.41) is 4.78. The zero-order valence-electron chi connectivity index (χ0n) is 15.7. The van der Waals surface area contributed by atoms with Gasteiger partial charge in [-0.05, 0) is 65.0 Å². The van der Waals surface area contributed by atoms with Crippen LogP contribution in [0.25, 0.3) is 0 Å².